The number of nitrogens with zero attached hydrogens (tertiary/aromatic N) is 2. The summed E-state index contributed by atoms with van der Waals surface area (Å²) < 4.78 is 0. The van der Waals surface area contributed by atoms with Crippen molar-refractivity contribution in [1.29, 1.82) is 0 Å². The van der Waals surface area contributed by atoms with Gasteiger partial charge in [-0.3, -0.25) is 4.79 Å². The highest BCUT2D eigenvalue weighted by Crippen LogP contribution is 2.26. The Hall–Kier alpha value is -1.29. The Labute approximate surface area is 112 Å². The van der Waals surface area contributed by atoms with Gasteiger partial charge in [-0.15, -0.1) is 0 Å². The van der Waals surface area contributed by atoms with E-state index in [4.69, 9.17) is 17.3 Å². The van der Waals surface area contributed by atoms with E-state index in [1.54, 1.807) is 6.07 Å². The van der Waals surface area contributed by atoms with Gasteiger partial charge >= 0.3 is 0 Å². The average molecular weight is 268 g/mol. The Bertz CT molecular complexity index is 454. The van der Waals surface area contributed by atoms with Gasteiger partial charge in [0.05, 0.1) is 17.4 Å². The van der Waals surface area contributed by atoms with Crippen molar-refractivity contribution in [3.8, 4) is 0 Å². The summed E-state index contributed by atoms with van der Waals surface area (Å²) in [6, 6.07) is 2.04. The number of rotatable bonds is 1. The number of pyridine rings is 1. The highest BCUT2D eigenvalue weighted by Gasteiger charge is 2.30. The number of halogens is 1. The Kier molecular flexibility index (Phi) is 3.76. The van der Waals surface area contributed by atoms with Crippen molar-refractivity contribution in [3.05, 3.63) is 23.0 Å². The van der Waals surface area contributed by atoms with E-state index in [0.29, 0.717) is 16.4 Å². The molecule has 0 aromatic carbocycles. The highest BCUT2D eigenvalue weighted by atomic mass is 35.5. The number of aromatic nitrogens is 1. The molecule has 0 aliphatic carbocycles. The quantitative estimate of drug-likeness (QED) is 0.796. The molecule has 4 nitrogen and oxygen atoms in total. The number of hydrogen-bond donors (Lipinski definition) is 1. The van der Waals surface area contributed by atoms with E-state index >= 15 is 0 Å². The van der Waals surface area contributed by atoms with Crippen molar-refractivity contribution in [2.45, 2.75) is 45.2 Å². The predicted molar refractivity (Wildman–Crippen MR) is 72.6 cm³/mol. The number of piperidine rings is 1. The lowest BCUT2D eigenvalue weighted by Gasteiger charge is -2.39. The fourth-order valence-corrected chi connectivity index (χ4v) is 2.74. The Balaban J connectivity index is 2.32. The zero-order valence-corrected chi connectivity index (χ0v) is 11.4. The van der Waals surface area contributed by atoms with Gasteiger partial charge in [0.1, 0.15) is 5.15 Å². The van der Waals surface area contributed by atoms with Crippen LogP contribution in [0.1, 0.15) is 43.5 Å². The van der Waals surface area contributed by atoms with Crippen LogP contribution in [-0.2, 0) is 0 Å². The highest BCUT2D eigenvalue weighted by molar-refractivity contribution is 6.29. The molecule has 2 rings (SSSR count). The van der Waals surface area contributed by atoms with E-state index < -0.39 is 0 Å². The number of likely N-dealkylation sites (tertiary alicyclic amines) is 1. The van der Waals surface area contributed by atoms with Crippen LogP contribution < -0.4 is 5.73 Å². The van der Waals surface area contributed by atoms with Crippen LogP contribution in [0.25, 0.3) is 0 Å². The molecule has 1 fully saturated rings. The normalized spacial score (nSPS) is 24.1. The molecule has 2 heterocycles. The smallest absolute Gasteiger partial charge is 0.256 e. The van der Waals surface area contributed by atoms with Gasteiger partial charge in [0.2, 0.25) is 0 Å². The maximum atomic E-state index is 12.6. The molecule has 0 bridgehead atoms. The minimum Gasteiger partial charge on any atom is -0.397 e. The first-order valence-electron chi connectivity index (χ1n) is 6.24. The van der Waals surface area contributed by atoms with Crippen LogP contribution in [0.5, 0.6) is 0 Å². The van der Waals surface area contributed by atoms with Crippen molar-refractivity contribution in [3.63, 3.8) is 0 Å². The van der Waals surface area contributed by atoms with E-state index in [9.17, 15) is 4.79 Å². The van der Waals surface area contributed by atoms with Gasteiger partial charge in [-0.1, -0.05) is 11.6 Å². The van der Waals surface area contributed by atoms with Crippen LogP contribution in [0.3, 0.4) is 0 Å². The standard InChI is InChI=1S/C13H18ClN3O/c1-8-4-3-5-9(2)17(8)13(18)10-6-12(14)16-7-11(10)15/h6-9H,3-5,15H2,1-2H3. The van der Waals surface area contributed by atoms with Gasteiger partial charge in [0, 0.05) is 12.1 Å². The Morgan fingerprint density at radius 1 is 1.44 bits per heavy atom. The molecule has 0 radical (unpaired) electrons. The van der Waals surface area contributed by atoms with E-state index in [1.165, 1.54) is 12.6 Å². The molecule has 1 aliphatic rings. The minimum absolute atomic E-state index is 0.0449. The van der Waals surface area contributed by atoms with Crippen LogP contribution in [-0.4, -0.2) is 27.9 Å². The number of nitrogens with two attached hydrogens (primary N) is 1. The second-order valence-electron chi connectivity index (χ2n) is 4.94. The number of carbonyl (C=O) groups excluding carboxylic acids is 1. The summed E-state index contributed by atoms with van der Waals surface area (Å²) in [5.41, 5.74) is 6.66. The molecule has 2 unspecified atom stereocenters. The molecule has 1 aliphatic heterocycles. The van der Waals surface area contributed by atoms with Gasteiger partial charge in [0.15, 0.2) is 0 Å². The maximum absolute atomic E-state index is 12.6. The molecule has 2 N–H and O–H groups in total. The van der Waals surface area contributed by atoms with E-state index in [-0.39, 0.29) is 18.0 Å². The van der Waals surface area contributed by atoms with Crippen molar-refractivity contribution < 1.29 is 4.79 Å². The van der Waals surface area contributed by atoms with E-state index in [2.05, 4.69) is 18.8 Å². The summed E-state index contributed by atoms with van der Waals surface area (Å²) in [5.74, 6) is -0.0449. The van der Waals surface area contributed by atoms with Gasteiger partial charge in [-0.05, 0) is 39.2 Å². The van der Waals surface area contributed by atoms with Crippen molar-refractivity contribution in [1.82, 2.24) is 9.88 Å². The third-order valence-corrected chi connectivity index (χ3v) is 3.77. The van der Waals surface area contributed by atoms with Gasteiger partial charge in [-0.25, -0.2) is 4.98 Å². The molecule has 1 aromatic heterocycles. The summed E-state index contributed by atoms with van der Waals surface area (Å²) in [6.07, 6.45) is 4.68. The predicted octanol–water partition coefficient (Wildman–Crippen LogP) is 2.72. The lowest BCUT2D eigenvalue weighted by molar-refractivity contribution is 0.0512. The number of nitrogen functional groups attached to an aromatic ring is 1. The van der Waals surface area contributed by atoms with E-state index in [0.717, 1.165) is 12.8 Å². The van der Waals surface area contributed by atoms with Crippen molar-refractivity contribution >= 4 is 23.2 Å². The van der Waals surface area contributed by atoms with Crippen LogP contribution in [0, 0.1) is 0 Å². The van der Waals surface area contributed by atoms with Gasteiger partial charge in [-0.2, -0.15) is 0 Å². The molecular weight excluding hydrogens is 250 g/mol. The van der Waals surface area contributed by atoms with Gasteiger partial charge < -0.3 is 10.6 Å². The van der Waals surface area contributed by atoms with Crippen molar-refractivity contribution in [2.24, 2.45) is 0 Å². The Morgan fingerprint density at radius 3 is 2.67 bits per heavy atom. The summed E-state index contributed by atoms with van der Waals surface area (Å²) in [7, 11) is 0. The first-order valence-corrected chi connectivity index (χ1v) is 6.62. The summed E-state index contributed by atoms with van der Waals surface area (Å²) in [4.78, 5) is 18.3. The second-order valence-corrected chi connectivity index (χ2v) is 5.32. The molecule has 5 heteroatoms. The largest absolute Gasteiger partial charge is 0.397 e. The monoisotopic (exact) mass is 267 g/mol. The minimum atomic E-state index is -0.0449. The van der Waals surface area contributed by atoms with Crippen LogP contribution >= 0.6 is 11.6 Å². The molecule has 0 spiro atoms. The topological polar surface area (TPSA) is 59.2 Å². The molecule has 2 atom stereocenters. The van der Waals surface area contributed by atoms with Crippen LogP contribution in [0.15, 0.2) is 12.3 Å². The number of anilines is 1. The third kappa shape index (κ3) is 2.43. The fourth-order valence-electron chi connectivity index (χ4n) is 2.59. The summed E-state index contributed by atoms with van der Waals surface area (Å²) >= 11 is 5.84. The lowest BCUT2D eigenvalue weighted by Crippen LogP contribution is -2.47. The fraction of sp³-hybridized carbons (Fsp3) is 0.538. The molecule has 1 amide bonds. The SMILES string of the molecule is CC1CCCC(C)N1C(=O)c1cc(Cl)ncc1N. The molecule has 0 saturated carbocycles. The maximum Gasteiger partial charge on any atom is 0.256 e. The lowest BCUT2D eigenvalue weighted by atomic mass is 9.96. The van der Waals surface area contributed by atoms with E-state index in [1.807, 2.05) is 4.90 Å². The molecule has 18 heavy (non-hydrogen) atoms. The second kappa shape index (κ2) is 5.14. The number of carbonyl (C=O) groups is 1. The summed E-state index contributed by atoms with van der Waals surface area (Å²) in [5, 5.41) is 0.296. The first-order chi connectivity index (χ1) is 8.50. The van der Waals surface area contributed by atoms with Crippen LogP contribution in [0.4, 0.5) is 5.69 Å². The average Bonchev–Trinajstić information content (AvgIpc) is 2.32. The molecule has 1 aromatic rings. The Morgan fingerprint density at radius 2 is 2.06 bits per heavy atom. The van der Waals surface area contributed by atoms with Gasteiger partial charge in [0.25, 0.3) is 5.91 Å². The van der Waals surface area contributed by atoms with Crippen LogP contribution in [0.2, 0.25) is 5.15 Å². The zero-order chi connectivity index (χ0) is 13.3. The molecular formula is C13H18ClN3O. The number of amides is 1. The third-order valence-electron chi connectivity index (χ3n) is 3.56. The number of hydrogen-bond acceptors (Lipinski definition) is 3. The first kappa shape index (κ1) is 13.1. The molecule has 98 valence electrons. The molecule has 1 saturated heterocycles. The van der Waals surface area contributed by atoms with Crippen molar-refractivity contribution in [2.75, 3.05) is 5.73 Å². The zero-order valence-electron chi connectivity index (χ0n) is 10.7. The summed E-state index contributed by atoms with van der Waals surface area (Å²) in [6.45, 7) is 4.15.